The zero-order valence-electron chi connectivity index (χ0n) is 29.2. The Kier molecular flexibility index (Phi) is 13.9. The van der Waals surface area contributed by atoms with Gasteiger partial charge >= 0.3 is 12.1 Å². The van der Waals surface area contributed by atoms with E-state index in [0.29, 0.717) is 13.0 Å². The number of benzene rings is 3. The number of amides is 1. The minimum atomic E-state index is -1.16. The van der Waals surface area contributed by atoms with Crippen molar-refractivity contribution < 1.29 is 24.2 Å². The summed E-state index contributed by atoms with van der Waals surface area (Å²) in [5.74, 6) is 5.94. The van der Waals surface area contributed by atoms with Crippen LogP contribution < -0.4 is 20.1 Å². The monoisotopic (exact) mass is 980 g/mol. The van der Waals surface area contributed by atoms with Crippen molar-refractivity contribution in [3.8, 4) is 39.2 Å². The van der Waals surface area contributed by atoms with Gasteiger partial charge in [0.05, 0.1) is 0 Å². The summed E-state index contributed by atoms with van der Waals surface area (Å²) in [5, 5.41) is 29.8. The summed E-state index contributed by atoms with van der Waals surface area (Å²) in [4.78, 5) is 26.1. The fraction of sp³-hybridized carbons (Fsp3) is 0.342. The van der Waals surface area contributed by atoms with Crippen LogP contribution in [-0.2, 0) is 16.0 Å². The standard InChI is InChI=1S/C38H38I2N4O5S3/c1-21-22(2)34(23(3)30-19-38(4,5)49-33(21)30)52-44-36(41)42-14-6-7-32(35(45)46)43-37(47)48-20-31-28-17-24(12-15-50-39)8-10-26(28)27-11-9-25(13-16-51-40)18-29(27)31/h8-11,17-18,31-32H,6-7,14,19-20H2,1-5H3,(H,43,47)(H,45,46)(H3,41,42,44)/t32-/m0/s1. The number of halogens is 2. The van der Waals surface area contributed by atoms with E-state index in [1.165, 1.54) is 35.4 Å². The van der Waals surface area contributed by atoms with Gasteiger partial charge in [0.15, 0.2) is 5.96 Å². The van der Waals surface area contributed by atoms with Crippen LogP contribution >= 0.6 is 72.2 Å². The summed E-state index contributed by atoms with van der Waals surface area (Å²) in [6.45, 7) is 10.8. The van der Waals surface area contributed by atoms with E-state index in [9.17, 15) is 14.7 Å². The van der Waals surface area contributed by atoms with E-state index < -0.39 is 18.1 Å². The van der Waals surface area contributed by atoms with Gasteiger partial charge in [-0.25, -0.2) is 9.59 Å². The largest absolute Gasteiger partial charge is 0.487 e. The highest BCUT2D eigenvalue weighted by atomic mass is 127. The number of carboxylic acid groups (broad SMARTS) is 1. The number of carbonyl (C=O) groups is 2. The quantitative estimate of drug-likeness (QED) is 0.0335. The van der Waals surface area contributed by atoms with Crippen molar-refractivity contribution in [3.63, 3.8) is 0 Å². The van der Waals surface area contributed by atoms with E-state index in [2.05, 4.69) is 115 Å². The van der Waals surface area contributed by atoms with Gasteiger partial charge in [-0.2, -0.15) is 0 Å². The fourth-order valence-corrected chi connectivity index (χ4v) is 8.34. The van der Waals surface area contributed by atoms with Gasteiger partial charge in [0.25, 0.3) is 0 Å². The molecule has 272 valence electrons. The van der Waals surface area contributed by atoms with Crippen LogP contribution in [0.2, 0.25) is 0 Å². The average molecular weight is 981 g/mol. The summed E-state index contributed by atoms with van der Waals surface area (Å²) in [6, 6.07) is 10.9. The lowest BCUT2D eigenvalue weighted by Crippen LogP contribution is -2.42. The van der Waals surface area contributed by atoms with Crippen LogP contribution in [0.1, 0.15) is 77.1 Å². The Morgan fingerprint density at radius 2 is 1.63 bits per heavy atom. The predicted molar refractivity (Wildman–Crippen MR) is 230 cm³/mol. The summed E-state index contributed by atoms with van der Waals surface area (Å²) in [7, 11) is 2.81. The van der Waals surface area contributed by atoms with Gasteiger partial charge in [-0.15, -0.1) is 0 Å². The van der Waals surface area contributed by atoms with Crippen LogP contribution in [0.15, 0.2) is 41.3 Å². The molecule has 0 aromatic heterocycles. The molecule has 0 saturated carbocycles. The van der Waals surface area contributed by atoms with Gasteiger partial charge in [0.1, 0.15) is 24.0 Å². The number of rotatable bonds is 10. The molecular formula is C38H38I2N4O5S3. The second-order valence-electron chi connectivity index (χ2n) is 13.1. The Balaban J connectivity index is 1.15. The minimum Gasteiger partial charge on any atom is -0.487 e. The van der Waals surface area contributed by atoms with E-state index in [1.807, 2.05) is 36.4 Å². The molecule has 5 N–H and O–H groups in total. The molecule has 0 bridgehead atoms. The lowest BCUT2D eigenvalue weighted by atomic mass is 9.94. The molecule has 1 aliphatic carbocycles. The van der Waals surface area contributed by atoms with Gasteiger partial charge in [-0.1, -0.05) is 24.0 Å². The molecular weight excluding hydrogens is 942 g/mol. The highest BCUT2D eigenvalue weighted by molar-refractivity contribution is 14.2. The maximum atomic E-state index is 13.0. The number of carboxylic acids is 1. The molecule has 3 aromatic carbocycles. The first kappa shape index (κ1) is 40.3. The third kappa shape index (κ3) is 9.60. The molecule has 1 heterocycles. The van der Waals surface area contributed by atoms with E-state index in [1.54, 1.807) is 0 Å². The maximum Gasteiger partial charge on any atom is 0.407 e. The third-order valence-corrected chi connectivity index (χ3v) is 11.9. The van der Waals surface area contributed by atoms with Crippen LogP contribution in [0, 0.1) is 48.5 Å². The first-order valence-corrected chi connectivity index (χ1v) is 24.0. The first-order valence-electron chi connectivity index (χ1n) is 16.4. The summed E-state index contributed by atoms with van der Waals surface area (Å²) in [5.41, 5.74) is 10.1. The Hall–Kier alpha value is -2.90. The number of hydrogen-bond acceptors (Lipinski definition) is 8. The van der Waals surface area contributed by atoms with Crippen molar-refractivity contribution in [2.24, 2.45) is 0 Å². The van der Waals surface area contributed by atoms with Crippen LogP contribution in [0.4, 0.5) is 4.79 Å². The molecule has 1 amide bonds. The SMILES string of the molecule is Cc1c(C)c(SNC(=N)NCCC[C@H](NC(=O)OCC2c3cc(C#CSI)ccc3-c3ccc(C#CSI)cc32)C(=O)O)c(C)c2c1OC(C)(C)C2. The van der Waals surface area contributed by atoms with Gasteiger partial charge in [0.2, 0.25) is 0 Å². The molecule has 0 unspecified atom stereocenters. The Labute approximate surface area is 341 Å². The number of ether oxygens (including phenoxy) is 2. The fourth-order valence-electron chi connectivity index (χ4n) is 6.51. The lowest BCUT2D eigenvalue weighted by Gasteiger charge is -2.19. The first-order chi connectivity index (χ1) is 24.8. The van der Waals surface area contributed by atoms with Crippen molar-refractivity contribution in [1.82, 2.24) is 15.4 Å². The number of guanidine groups is 1. The zero-order chi connectivity index (χ0) is 37.6. The normalized spacial score (nSPS) is 13.9. The molecule has 1 atom stereocenters. The molecule has 2 aliphatic rings. The van der Waals surface area contributed by atoms with Crippen molar-refractivity contribution in [2.45, 2.75) is 76.3 Å². The number of carbonyl (C=O) groups excluding carboxylic acids is 1. The lowest BCUT2D eigenvalue weighted by molar-refractivity contribution is -0.139. The molecule has 52 heavy (non-hydrogen) atoms. The summed E-state index contributed by atoms with van der Waals surface area (Å²) < 4.78 is 15.0. The zero-order valence-corrected chi connectivity index (χ0v) is 36.0. The van der Waals surface area contributed by atoms with E-state index in [0.717, 1.165) is 67.1 Å². The topological polar surface area (TPSA) is 133 Å². The van der Waals surface area contributed by atoms with Gasteiger partial charge in [0, 0.05) is 82.9 Å². The molecule has 1 aliphatic heterocycles. The Morgan fingerprint density at radius 1 is 1.02 bits per heavy atom. The van der Waals surface area contributed by atoms with Crippen molar-refractivity contribution in [3.05, 3.63) is 80.9 Å². The number of alkyl carbamates (subject to hydrolysis) is 1. The molecule has 0 saturated heterocycles. The van der Waals surface area contributed by atoms with E-state index >= 15 is 0 Å². The number of aliphatic carboxylic acids is 1. The van der Waals surface area contributed by atoms with Crippen molar-refractivity contribution in [2.75, 3.05) is 13.2 Å². The second kappa shape index (κ2) is 18.0. The van der Waals surface area contributed by atoms with Crippen LogP contribution in [0.3, 0.4) is 0 Å². The number of nitrogens with one attached hydrogen (secondary N) is 4. The maximum absolute atomic E-state index is 13.0. The summed E-state index contributed by atoms with van der Waals surface area (Å²) in [6.07, 6.45) is 0.575. The van der Waals surface area contributed by atoms with Gasteiger partial charge in [-0.05, 0) is 151 Å². The smallest absolute Gasteiger partial charge is 0.407 e. The van der Waals surface area contributed by atoms with Crippen LogP contribution in [0.25, 0.3) is 11.1 Å². The molecule has 3 aromatic rings. The molecule has 0 spiro atoms. The molecule has 5 rings (SSSR count). The minimum absolute atomic E-state index is 0.0174. The van der Waals surface area contributed by atoms with Crippen molar-refractivity contribution in [1.29, 1.82) is 5.41 Å². The van der Waals surface area contributed by atoms with E-state index in [4.69, 9.17) is 14.9 Å². The molecule has 0 fully saturated rings. The number of hydrogen-bond donors (Lipinski definition) is 5. The highest BCUT2D eigenvalue weighted by Gasteiger charge is 2.35. The van der Waals surface area contributed by atoms with Crippen molar-refractivity contribution >= 4 is 90.2 Å². The van der Waals surface area contributed by atoms with E-state index in [-0.39, 0.29) is 30.5 Å². The van der Waals surface area contributed by atoms with Crippen LogP contribution in [-0.4, -0.2) is 47.9 Å². The van der Waals surface area contributed by atoms with Gasteiger partial charge < -0.3 is 25.2 Å². The summed E-state index contributed by atoms with van der Waals surface area (Å²) >= 11 is 5.64. The third-order valence-electron chi connectivity index (χ3n) is 9.10. The molecule has 0 radical (unpaired) electrons. The Bertz CT molecular complexity index is 1960. The van der Waals surface area contributed by atoms with Gasteiger partial charge in [-0.3, -0.25) is 10.1 Å². The van der Waals surface area contributed by atoms with Crippen LogP contribution in [0.5, 0.6) is 5.75 Å². The molecule has 14 heteroatoms. The second-order valence-corrected chi connectivity index (χ2v) is 17.3. The highest BCUT2D eigenvalue weighted by Crippen LogP contribution is 2.46. The molecule has 9 nitrogen and oxygen atoms in total. The Morgan fingerprint density at radius 3 is 2.21 bits per heavy atom. The average Bonchev–Trinajstić information content (AvgIpc) is 3.61. The number of fused-ring (bicyclic) bond motifs is 4. The predicted octanol–water partition coefficient (Wildman–Crippen LogP) is 9.00.